The lowest BCUT2D eigenvalue weighted by molar-refractivity contribution is 0.156. The Morgan fingerprint density at radius 2 is 2.20 bits per heavy atom. The Kier molecular flexibility index (Phi) is 7.00. The maximum Gasteiger partial charge on any atom is 0.193 e. The lowest BCUT2D eigenvalue weighted by Crippen LogP contribution is -2.41. The fourth-order valence-electron chi connectivity index (χ4n) is 4.64. The van der Waals surface area contributed by atoms with Gasteiger partial charge >= 0.3 is 0 Å². The first-order chi connectivity index (χ1) is 12.2. The van der Waals surface area contributed by atoms with Crippen molar-refractivity contribution in [1.29, 1.82) is 0 Å². The molecule has 0 amide bonds. The van der Waals surface area contributed by atoms with E-state index in [4.69, 9.17) is 9.73 Å². The van der Waals surface area contributed by atoms with E-state index in [1.54, 1.807) is 0 Å². The van der Waals surface area contributed by atoms with Crippen molar-refractivity contribution in [2.75, 3.05) is 59.0 Å². The number of piperidine rings is 1. The number of unbranched alkanes of at least 4 members (excludes halogenated alkanes) is 1. The van der Waals surface area contributed by atoms with Crippen molar-refractivity contribution in [2.45, 2.75) is 52.4 Å². The molecule has 3 aliphatic rings. The van der Waals surface area contributed by atoms with Crippen LogP contribution >= 0.6 is 0 Å². The largest absolute Gasteiger partial charge is 0.381 e. The van der Waals surface area contributed by atoms with Gasteiger partial charge in [0.1, 0.15) is 0 Å². The first-order valence-electron chi connectivity index (χ1n) is 10.5. The van der Waals surface area contributed by atoms with Gasteiger partial charge in [0.15, 0.2) is 5.96 Å². The first kappa shape index (κ1) is 19.0. The van der Waals surface area contributed by atoms with E-state index < -0.39 is 0 Å². The molecule has 0 aromatic carbocycles. The Labute approximate surface area is 154 Å². The number of guanidine groups is 1. The Bertz CT molecular complexity index is 433. The van der Waals surface area contributed by atoms with Crippen LogP contribution in [0.1, 0.15) is 52.4 Å². The van der Waals surface area contributed by atoms with E-state index in [-0.39, 0.29) is 0 Å². The monoisotopic (exact) mass is 350 g/mol. The summed E-state index contributed by atoms with van der Waals surface area (Å²) < 4.78 is 5.66. The zero-order valence-corrected chi connectivity index (χ0v) is 16.4. The van der Waals surface area contributed by atoms with Gasteiger partial charge in [0.05, 0.1) is 6.61 Å². The third-order valence-corrected chi connectivity index (χ3v) is 6.14. The molecule has 0 radical (unpaired) electrons. The lowest BCUT2D eigenvalue weighted by atomic mass is 9.87. The van der Waals surface area contributed by atoms with E-state index in [0.29, 0.717) is 5.41 Å². The average molecular weight is 351 g/mol. The fourth-order valence-corrected chi connectivity index (χ4v) is 4.64. The van der Waals surface area contributed by atoms with Crippen LogP contribution in [-0.2, 0) is 4.74 Å². The molecule has 2 unspecified atom stereocenters. The summed E-state index contributed by atoms with van der Waals surface area (Å²) in [5, 5.41) is 3.50. The molecule has 5 heteroatoms. The molecule has 144 valence electrons. The highest BCUT2D eigenvalue weighted by molar-refractivity contribution is 5.80. The second-order valence-electron chi connectivity index (χ2n) is 8.46. The van der Waals surface area contributed by atoms with Crippen molar-refractivity contribution < 1.29 is 4.74 Å². The summed E-state index contributed by atoms with van der Waals surface area (Å²) in [5.41, 5.74) is 0.404. The molecule has 0 bridgehead atoms. The fraction of sp³-hybridized carbons (Fsp3) is 0.950. The van der Waals surface area contributed by atoms with Gasteiger partial charge in [-0.1, -0.05) is 6.92 Å². The summed E-state index contributed by atoms with van der Waals surface area (Å²) in [6, 6.07) is 0. The van der Waals surface area contributed by atoms with Gasteiger partial charge < -0.3 is 19.9 Å². The van der Waals surface area contributed by atoms with Crippen LogP contribution in [0, 0.1) is 11.3 Å². The van der Waals surface area contributed by atoms with Gasteiger partial charge in [-0.3, -0.25) is 4.99 Å². The lowest BCUT2D eigenvalue weighted by Gasteiger charge is -2.30. The van der Waals surface area contributed by atoms with Crippen molar-refractivity contribution in [3.63, 3.8) is 0 Å². The highest BCUT2D eigenvalue weighted by Crippen LogP contribution is 2.38. The molecule has 3 heterocycles. The van der Waals surface area contributed by atoms with Gasteiger partial charge in [-0.15, -0.1) is 0 Å². The van der Waals surface area contributed by atoms with Crippen LogP contribution in [0.4, 0.5) is 0 Å². The molecule has 0 aromatic rings. The van der Waals surface area contributed by atoms with Crippen LogP contribution in [0.3, 0.4) is 0 Å². The van der Waals surface area contributed by atoms with Crippen molar-refractivity contribution in [3.8, 4) is 0 Å². The number of likely N-dealkylation sites (tertiary alicyclic amines) is 2. The molecule has 1 spiro atoms. The second-order valence-corrected chi connectivity index (χ2v) is 8.46. The Morgan fingerprint density at radius 3 is 2.96 bits per heavy atom. The maximum absolute atomic E-state index is 5.66. The predicted octanol–water partition coefficient (Wildman–Crippen LogP) is 2.58. The number of rotatable bonds is 6. The van der Waals surface area contributed by atoms with Gasteiger partial charge in [0.2, 0.25) is 0 Å². The Balaban J connectivity index is 1.40. The molecule has 3 saturated heterocycles. The van der Waals surface area contributed by atoms with Gasteiger partial charge in [0, 0.05) is 44.7 Å². The van der Waals surface area contributed by atoms with Gasteiger partial charge in [-0.2, -0.15) is 0 Å². The van der Waals surface area contributed by atoms with Gasteiger partial charge in [-0.05, 0) is 64.5 Å². The normalized spacial score (nSPS) is 31.2. The van der Waals surface area contributed by atoms with E-state index in [9.17, 15) is 0 Å². The Morgan fingerprint density at radius 1 is 1.28 bits per heavy atom. The van der Waals surface area contributed by atoms with Gasteiger partial charge in [-0.25, -0.2) is 0 Å². The molecule has 0 aliphatic carbocycles. The molecule has 0 saturated carbocycles. The summed E-state index contributed by atoms with van der Waals surface area (Å²) in [6.45, 7) is 14.4. The van der Waals surface area contributed by atoms with Crippen molar-refractivity contribution in [2.24, 2.45) is 16.3 Å². The van der Waals surface area contributed by atoms with Crippen LogP contribution in [-0.4, -0.2) is 74.8 Å². The van der Waals surface area contributed by atoms with Crippen LogP contribution in [0.5, 0.6) is 0 Å². The van der Waals surface area contributed by atoms with Crippen LogP contribution in [0.25, 0.3) is 0 Å². The first-order valence-corrected chi connectivity index (χ1v) is 10.5. The van der Waals surface area contributed by atoms with E-state index >= 15 is 0 Å². The summed E-state index contributed by atoms with van der Waals surface area (Å²) in [4.78, 5) is 10.0. The van der Waals surface area contributed by atoms with Crippen molar-refractivity contribution >= 4 is 5.96 Å². The molecule has 2 atom stereocenters. The maximum atomic E-state index is 5.66. The van der Waals surface area contributed by atoms with Crippen LogP contribution in [0.15, 0.2) is 4.99 Å². The quantitative estimate of drug-likeness (QED) is 0.454. The van der Waals surface area contributed by atoms with E-state index in [2.05, 4.69) is 29.0 Å². The van der Waals surface area contributed by atoms with Crippen LogP contribution < -0.4 is 5.32 Å². The van der Waals surface area contributed by atoms with Crippen LogP contribution in [0.2, 0.25) is 0 Å². The highest BCUT2D eigenvalue weighted by atomic mass is 16.5. The molecular formula is C20H38N4O. The zero-order valence-electron chi connectivity index (χ0n) is 16.4. The van der Waals surface area contributed by atoms with E-state index in [1.807, 2.05) is 0 Å². The molecule has 3 aliphatic heterocycles. The minimum Gasteiger partial charge on any atom is -0.381 e. The minimum absolute atomic E-state index is 0.404. The Hall–Kier alpha value is -0.810. The number of hydrogen-bond donors (Lipinski definition) is 1. The van der Waals surface area contributed by atoms with Gasteiger partial charge in [0.25, 0.3) is 0 Å². The number of nitrogens with one attached hydrogen (secondary N) is 1. The SMILES string of the molecule is CCNC(=NCCCCN1CCCC(C)C1)N1CCC2(CCOC2)C1. The standard InChI is InChI=1S/C20H38N4O/c1-3-21-19(24-13-8-20(16-24)9-14-25-17-20)22-10-4-5-11-23-12-6-7-18(2)15-23/h18H,3-17H2,1-2H3,(H,21,22). The summed E-state index contributed by atoms with van der Waals surface area (Å²) in [7, 11) is 0. The third-order valence-electron chi connectivity index (χ3n) is 6.14. The average Bonchev–Trinajstić information content (AvgIpc) is 3.24. The van der Waals surface area contributed by atoms with Crippen molar-refractivity contribution in [3.05, 3.63) is 0 Å². The summed E-state index contributed by atoms with van der Waals surface area (Å²) in [5.74, 6) is 2.01. The molecule has 1 N–H and O–H groups in total. The third kappa shape index (κ3) is 5.33. The minimum atomic E-state index is 0.404. The molecular weight excluding hydrogens is 312 g/mol. The number of nitrogens with zero attached hydrogens (tertiary/aromatic N) is 3. The van der Waals surface area contributed by atoms with E-state index in [0.717, 1.165) is 51.3 Å². The summed E-state index contributed by atoms with van der Waals surface area (Å²) in [6.07, 6.45) is 7.73. The summed E-state index contributed by atoms with van der Waals surface area (Å²) >= 11 is 0. The zero-order chi connectivity index (χ0) is 17.5. The van der Waals surface area contributed by atoms with E-state index in [1.165, 1.54) is 58.2 Å². The molecule has 3 rings (SSSR count). The smallest absolute Gasteiger partial charge is 0.193 e. The number of ether oxygens (including phenoxy) is 1. The second kappa shape index (κ2) is 9.22. The molecule has 5 nitrogen and oxygen atoms in total. The predicted molar refractivity (Wildman–Crippen MR) is 104 cm³/mol. The van der Waals surface area contributed by atoms with Crippen molar-refractivity contribution in [1.82, 2.24) is 15.1 Å². The highest BCUT2D eigenvalue weighted by Gasteiger charge is 2.42. The molecule has 3 fully saturated rings. The molecule has 0 aromatic heterocycles. The topological polar surface area (TPSA) is 40.1 Å². The number of aliphatic imine (C=N–C) groups is 1. The molecule has 25 heavy (non-hydrogen) atoms. The number of hydrogen-bond acceptors (Lipinski definition) is 3.